The first kappa shape index (κ1) is 10.5. The van der Waals surface area contributed by atoms with Crippen LogP contribution in [0.2, 0.25) is 0 Å². The lowest BCUT2D eigenvalue weighted by molar-refractivity contribution is -0.385. The quantitative estimate of drug-likeness (QED) is 0.620. The Kier molecular flexibility index (Phi) is 3.03. The van der Waals surface area contributed by atoms with E-state index in [1.54, 1.807) is 0 Å². The number of non-ortho nitro benzene ring substituents is 1. The van der Waals surface area contributed by atoms with Crippen LogP contribution in [0.15, 0.2) is 23.1 Å². The standard InChI is InChI=1S/C7H4FNO4S/c8-14-6-3-4(9(12)13)1-2-5(6)7(10)11/h1-3H,(H,10,11). The van der Waals surface area contributed by atoms with E-state index in [2.05, 4.69) is 0 Å². The van der Waals surface area contributed by atoms with Gasteiger partial charge >= 0.3 is 5.97 Å². The van der Waals surface area contributed by atoms with Crippen molar-refractivity contribution < 1.29 is 18.7 Å². The van der Waals surface area contributed by atoms with E-state index in [9.17, 15) is 18.8 Å². The summed E-state index contributed by atoms with van der Waals surface area (Å²) in [6, 6.07) is 2.90. The molecule has 1 aromatic carbocycles. The molecular weight excluding hydrogens is 213 g/mol. The number of hydrogen-bond donors (Lipinski definition) is 1. The maximum Gasteiger partial charge on any atom is 0.336 e. The van der Waals surface area contributed by atoms with E-state index in [1.165, 1.54) is 0 Å². The summed E-state index contributed by atoms with van der Waals surface area (Å²) in [7, 11) is 0. The average molecular weight is 217 g/mol. The lowest BCUT2D eigenvalue weighted by Crippen LogP contribution is -1.99. The molecule has 0 saturated heterocycles. The molecule has 0 aliphatic heterocycles. The highest BCUT2D eigenvalue weighted by Crippen LogP contribution is 2.27. The highest BCUT2D eigenvalue weighted by atomic mass is 32.2. The van der Waals surface area contributed by atoms with Crippen molar-refractivity contribution in [1.29, 1.82) is 0 Å². The largest absolute Gasteiger partial charge is 0.478 e. The van der Waals surface area contributed by atoms with Crippen LogP contribution in [0.4, 0.5) is 9.57 Å². The molecule has 14 heavy (non-hydrogen) atoms. The maximum atomic E-state index is 12.2. The first-order valence-corrected chi connectivity index (χ1v) is 4.08. The number of carbonyl (C=O) groups is 1. The molecule has 0 aliphatic carbocycles. The van der Waals surface area contributed by atoms with Crippen molar-refractivity contribution in [1.82, 2.24) is 0 Å². The van der Waals surface area contributed by atoms with Gasteiger partial charge in [0, 0.05) is 12.1 Å². The van der Waals surface area contributed by atoms with E-state index < -0.39 is 10.9 Å². The number of nitrogens with zero attached hydrogens (tertiary/aromatic N) is 1. The summed E-state index contributed by atoms with van der Waals surface area (Å²) in [5.74, 6) is -1.32. The lowest BCUT2D eigenvalue weighted by atomic mass is 10.2. The summed E-state index contributed by atoms with van der Waals surface area (Å²) >= 11 is -0.330. The molecule has 0 radical (unpaired) electrons. The third kappa shape index (κ3) is 1.99. The molecule has 1 rings (SSSR count). The van der Waals surface area contributed by atoms with Crippen LogP contribution in [-0.2, 0) is 0 Å². The number of nitro groups is 1. The molecule has 0 aromatic heterocycles. The van der Waals surface area contributed by atoms with Crippen LogP contribution in [0.3, 0.4) is 0 Å². The first-order chi connectivity index (χ1) is 6.56. The van der Waals surface area contributed by atoms with Crippen LogP contribution in [0, 0.1) is 10.1 Å². The predicted octanol–water partition coefficient (Wildman–Crippen LogP) is 2.27. The molecule has 0 bridgehead atoms. The zero-order valence-corrected chi connectivity index (χ0v) is 7.45. The smallest absolute Gasteiger partial charge is 0.336 e. The third-order valence-electron chi connectivity index (χ3n) is 1.49. The molecule has 0 aliphatic rings. The van der Waals surface area contributed by atoms with Crippen molar-refractivity contribution in [3.8, 4) is 0 Å². The molecule has 7 heteroatoms. The molecule has 0 heterocycles. The lowest BCUT2D eigenvalue weighted by Gasteiger charge is -1.99. The van der Waals surface area contributed by atoms with Gasteiger partial charge in [0.1, 0.15) is 0 Å². The predicted molar refractivity (Wildman–Crippen MR) is 47.0 cm³/mol. The van der Waals surface area contributed by atoms with Crippen LogP contribution in [0.1, 0.15) is 10.4 Å². The molecule has 0 atom stereocenters. The van der Waals surface area contributed by atoms with Gasteiger partial charge in [0.2, 0.25) is 0 Å². The highest BCUT2D eigenvalue weighted by Gasteiger charge is 2.15. The zero-order valence-electron chi connectivity index (χ0n) is 6.64. The Morgan fingerprint density at radius 2 is 2.21 bits per heavy atom. The van der Waals surface area contributed by atoms with Crippen LogP contribution in [0.25, 0.3) is 0 Å². The minimum atomic E-state index is -1.32. The molecule has 0 fully saturated rings. The summed E-state index contributed by atoms with van der Waals surface area (Å²) in [6.07, 6.45) is 0. The monoisotopic (exact) mass is 217 g/mol. The second kappa shape index (κ2) is 4.05. The summed E-state index contributed by atoms with van der Waals surface area (Å²) in [5.41, 5.74) is -0.627. The fourth-order valence-electron chi connectivity index (χ4n) is 0.865. The fourth-order valence-corrected chi connectivity index (χ4v) is 1.27. The van der Waals surface area contributed by atoms with Gasteiger partial charge in [0.05, 0.1) is 27.5 Å². The van der Waals surface area contributed by atoms with Gasteiger partial charge in [0.15, 0.2) is 0 Å². The Bertz CT molecular complexity index is 395. The van der Waals surface area contributed by atoms with Crippen molar-refractivity contribution >= 4 is 23.8 Å². The van der Waals surface area contributed by atoms with Gasteiger partial charge in [-0.25, -0.2) is 4.79 Å². The molecule has 0 amide bonds. The van der Waals surface area contributed by atoms with E-state index in [0.717, 1.165) is 18.2 Å². The number of nitro benzene ring substituents is 1. The van der Waals surface area contributed by atoms with Crippen molar-refractivity contribution in [3.05, 3.63) is 33.9 Å². The summed E-state index contributed by atoms with van der Waals surface area (Å²) in [5, 5.41) is 18.9. The number of benzene rings is 1. The average Bonchev–Trinajstić information content (AvgIpc) is 2.16. The van der Waals surface area contributed by atoms with Crippen LogP contribution >= 0.6 is 12.1 Å². The van der Waals surface area contributed by atoms with E-state index in [-0.39, 0.29) is 28.3 Å². The molecule has 5 nitrogen and oxygen atoms in total. The van der Waals surface area contributed by atoms with Crippen molar-refractivity contribution in [3.63, 3.8) is 0 Å². The van der Waals surface area contributed by atoms with Gasteiger partial charge in [-0.2, -0.15) is 3.89 Å². The summed E-state index contributed by atoms with van der Waals surface area (Å²) in [6.45, 7) is 0. The molecule has 1 aromatic rings. The van der Waals surface area contributed by atoms with E-state index in [1.807, 2.05) is 0 Å². The minimum absolute atomic E-state index is 0.272. The summed E-state index contributed by atoms with van der Waals surface area (Å²) in [4.78, 5) is 19.8. The Labute approximate surface area is 82.0 Å². The van der Waals surface area contributed by atoms with Gasteiger partial charge in [-0.05, 0) is 6.07 Å². The van der Waals surface area contributed by atoms with E-state index in [4.69, 9.17) is 5.11 Å². The number of carboxylic acid groups (broad SMARTS) is 1. The maximum absolute atomic E-state index is 12.2. The Balaban J connectivity index is 3.25. The SMILES string of the molecule is O=C(O)c1ccc([N+](=O)[O-])cc1SF. The van der Waals surface area contributed by atoms with Crippen molar-refractivity contribution in [2.24, 2.45) is 0 Å². The number of halogens is 1. The number of hydrogen-bond acceptors (Lipinski definition) is 4. The second-order valence-electron chi connectivity index (χ2n) is 2.32. The van der Waals surface area contributed by atoms with Gasteiger partial charge < -0.3 is 5.11 Å². The first-order valence-electron chi connectivity index (χ1n) is 3.36. The topological polar surface area (TPSA) is 80.4 Å². The molecule has 0 unspecified atom stereocenters. The van der Waals surface area contributed by atoms with Gasteiger partial charge in [-0.3, -0.25) is 10.1 Å². The third-order valence-corrected chi connectivity index (χ3v) is 1.99. The molecule has 0 saturated carbocycles. The number of carboxylic acids is 1. The van der Waals surface area contributed by atoms with E-state index in [0.29, 0.717) is 0 Å². The normalized spacial score (nSPS) is 9.79. The molecule has 74 valence electrons. The highest BCUT2D eigenvalue weighted by molar-refractivity contribution is 7.94. The Hall–Kier alpha value is -1.63. The van der Waals surface area contributed by atoms with Crippen molar-refractivity contribution in [2.45, 2.75) is 4.90 Å². The van der Waals surface area contributed by atoms with Crippen LogP contribution < -0.4 is 0 Å². The zero-order chi connectivity index (χ0) is 10.7. The molecule has 1 N–H and O–H groups in total. The van der Waals surface area contributed by atoms with Gasteiger partial charge in [-0.15, -0.1) is 0 Å². The fraction of sp³-hybridized carbons (Fsp3) is 0. The van der Waals surface area contributed by atoms with Gasteiger partial charge in [0.25, 0.3) is 5.69 Å². The molecular formula is C7H4FNO4S. The van der Waals surface area contributed by atoms with Crippen LogP contribution in [-0.4, -0.2) is 16.0 Å². The minimum Gasteiger partial charge on any atom is -0.478 e. The van der Waals surface area contributed by atoms with Gasteiger partial charge in [-0.1, -0.05) is 0 Å². The van der Waals surface area contributed by atoms with Crippen molar-refractivity contribution in [2.75, 3.05) is 0 Å². The summed E-state index contributed by atoms with van der Waals surface area (Å²) < 4.78 is 12.2. The Morgan fingerprint density at radius 1 is 1.57 bits per heavy atom. The van der Waals surface area contributed by atoms with E-state index >= 15 is 0 Å². The van der Waals surface area contributed by atoms with Crippen LogP contribution in [0.5, 0.6) is 0 Å². The molecule has 0 spiro atoms. The Morgan fingerprint density at radius 3 is 2.64 bits per heavy atom. The number of rotatable bonds is 3. The second-order valence-corrected chi connectivity index (χ2v) is 2.91. The number of aromatic carboxylic acids is 1.